The number of rotatable bonds is 3. The Morgan fingerprint density at radius 3 is 2.53 bits per heavy atom. The third-order valence-corrected chi connectivity index (χ3v) is 3.76. The summed E-state index contributed by atoms with van der Waals surface area (Å²) in [6.07, 6.45) is 0. The topological polar surface area (TPSA) is 46.2 Å². The Morgan fingerprint density at radius 2 is 1.82 bits per heavy atom. The number of nitrogens with two attached hydrogens (primary N) is 1. The van der Waals surface area contributed by atoms with Gasteiger partial charge in [-0.1, -0.05) is 24.3 Å². The van der Waals surface area contributed by atoms with Crippen LogP contribution in [0.1, 0.15) is 11.1 Å². The Morgan fingerprint density at radius 1 is 1.12 bits per heavy atom. The molecule has 0 aliphatic heterocycles. The van der Waals surface area contributed by atoms with Crippen LogP contribution in [0.4, 0.5) is 5.69 Å². The molecule has 0 saturated heterocycles. The van der Waals surface area contributed by atoms with Gasteiger partial charge in [0.25, 0.3) is 0 Å². The quantitative estimate of drug-likeness (QED) is 0.642. The molecule has 0 aromatic heterocycles. The third-order valence-electron chi connectivity index (χ3n) is 2.61. The van der Waals surface area contributed by atoms with Gasteiger partial charge in [0.1, 0.15) is 5.75 Å². The van der Waals surface area contributed by atoms with E-state index >= 15 is 0 Å². The van der Waals surface area contributed by atoms with Crippen molar-refractivity contribution < 1.29 is 5.11 Å². The second-order valence-corrected chi connectivity index (χ2v) is 4.96. The maximum Gasteiger partial charge on any atom is 0.115 e. The Balaban J connectivity index is 2.07. The van der Waals surface area contributed by atoms with Gasteiger partial charge < -0.3 is 10.8 Å². The van der Waals surface area contributed by atoms with Crippen LogP contribution in [0.5, 0.6) is 5.75 Å². The molecule has 0 unspecified atom stereocenters. The van der Waals surface area contributed by atoms with Gasteiger partial charge >= 0.3 is 0 Å². The van der Waals surface area contributed by atoms with Crippen LogP contribution in [0.3, 0.4) is 0 Å². The molecule has 2 nitrogen and oxygen atoms in total. The Hall–Kier alpha value is -1.61. The van der Waals surface area contributed by atoms with Crippen molar-refractivity contribution in [2.45, 2.75) is 17.6 Å². The summed E-state index contributed by atoms with van der Waals surface area (Å²) in [6.45, 7) is 2.01. The Labute approximate surface area is 105 Å². The van der Waals surface area contributed by atoms with Crippen molar-refractivity contribution in [3.63, 3.8) is 0 Å². The van der Waals surface area contributed by atoms with E-state index in [4.69, 9.17) is 5.73 Å². The van der Waals surface area contributed by atoms with Crippen LogP contribution in [0, 0.1) is 6.92 Å². The van der Waals surface area contributed by atoms with Crippen molar-refractivity contribution in [3.8, 4) is 5.75 Å². The van der Waals surface area contributed by atoms with Gasteiger partial charge in [0.15, 0.2) is 0 Å². The lowest BCUT2D eigenvalue weighted by molar-refractivity contribution is 0.475. The van der Waals surface area contributed by atoms with Crippen LogP contribution in [-0.4, -0.2) is 5.11 Å². The molecular weight excluding hydrogens is 230 g/mol. The molecule has 88 valence electrons. The number of thioether (sulfide) groups is 1. The van der Waals surface area contributed by atoms with Crippen LogP contribution >= 0.6 is 11.8 Å². The molecular formula is C14H15NOS. The first-order valence-corrected chi connectivity index (χ1v) is 6.41. The molecule has 0 heterocycles. The average Bonchev–Trinajstić information content (AvgIpc) is 2.33. The standard InChI is InChI=1S/C14H15NOS/c1-10-3-2-4-13(14(10)15)17-9-11-5-7-12(16)8-6-11/h2-8,16H,9,15H2,1H3. The van der Waals surface area contributed by atoms with Crippen LogP contribution in [0.2, 0.25) is 0 Å². The molecule has 3 N–H and O–H groups in total. The van der Waals surface area contributed by atoms with Crippen molar-refractivity contribution in [3.05, 3.63) is 53.6 Å². The second-order valence-electron chi connectivity index (χ2n) is 3.94. The molecule has 3 heteroatoms. The summed E-state index contributed by atoms with van der Waals surface area (Å²) >= 11 is 1.71. The first-order chi connectivity index (χ1) is 8.16. The zero-order valence-electron chi connectivity index (χ0n) is 9.68. The minimum absolute atomic E-state index is 0.300. The minimum atomic E-state index is 0.300. The van der Waals surface area contributed by atoms with E-state index in [2.05, 4.69) is 0 Å². The van der Waals surface area contributed by atoms with Crippen molar-refractivity contribution in [2.75, 3.05) is 5.73 Å². The van der Waals surface area contributed by atoms with E-state index in [1.807, 2.05) is 37.3 Å². The van der Waals surface area contributed by atoms with E-state index in [0.717, 1.165) is 21.9 Å². The average molecular weight is 245 g/mol. The summed E-state index contributed by atoms with van der Waals surface area (Å²) in [4.78, 5) is 1.11. The molecule has 2 rings (SSSR count). The maximum absolute atomic E-state index is 9.20. The van der Waals surface area contributed by atoms with Gasteiger partial charge in [-0.25, -0.2) is 0 Å². The SMILES string of the molecule is Cc1cccc(SCc2ccc(O)cc2)c1N. The van der Waals surface area contributed by atoms with Gasteiger partial charge in [0.05, 0.1) is 0 Å². The van der Waals surface area contributed by atoms with Gasteiger partial charge in [-0.15, -0.1) is 11.8 Å². The molecule has 2 aromatic carbocycles. The number of phenolic OH excluding ortho intramolecular Hbond substituents is 1. The number of hydrogen-bond acceptors (Lipinski definition) is 3. The zero-order valence-corrected chi connectivity index (χ0v) is 10.5. The number of hydrogen-bond donors (Lipinski definition) is 2. The monoisotopic (exact) mass is 245 g/mol. The number of para-hydroxylation sites is 1. The molecule has 0 saturated carbocycles. The van der Waals surface area contributed by atoms with Crippen LogP contribution < -0.4 is 5.73 Å². The summed E-state index contributed by atoms with van der Waals surface area (Å²) in [6, 6.07) is 13.3. The molecule has 0 aliphatic carbocycles. The maximum atomic E-state index is 9.20. The Bertz CT molecular complexity index is 508. The predicted octanol–water partition coefficient (Wildman–Crippen LogP) is 3.58. The van der Waals surface area contributed by atoms with Gasteiger partial charge in [-0.3, -0.25) is 0 Å². The van der Waals surface area contributed by atoms with Crippen molar-refractivity contribution in [1.29, 1.82) is 0 Å². The lowest BCUT2D eigenvalue weighted by Gasteiger charge is -2.07. The molecule has 17 heavy (non-hydrogen) atoms. The highest BCUT2D eigenvalue weighted by Crippen LogP contribution is 2.30. The highest BCUT2D eigenvalue weighted by molar-refractivity contribution is 7.98. The van der Waals surface area contributed by atoms with Gasteiger partial charge in [-0.05, 0) is 36.2 Å². The number of nitrogen functional groups attached to an aromatic ring is 1. The highest BCUT2D eigenvalue weighted by atomic mass is 32.2. The van der Waals surface area contributed by atoms with Crippen molar-refractivity contribution in [2.24, 2.45) is 0 Å². The van der Waals surface area contributed by atoms with E-state index in [1.165, 1.54) is 5.56 Å². The number of benzene rings is 2. The molecule has 0 bridgehead atoms. The van der Waals surface area contributed by atoms with Crippen molar-refractivity contribution >= 4 is 17.4 Å². The predicted molar refractivity (Wildman–Crippen MR) is 73.3 cm³/mol. The largest absolute Gasteiger partial charge is 0.508 e. The van der Waals surface area contributed by atoms with E-state index in [-0.39, 0.29) is 0 Å². The summed E-state index contributed by atoms with van der Waals surface area (Å²) < 4.78 is 0. The fourth-order valence-corrected chi connectivity index (χ4v) is 2.54. The number of phenols is 1. The lowest BCUT2D eigenvalue weighted by atomic mass is 10.2. The summed E-state index contributed by atoms with van der Waals surface area (Å²) in [5.74, 6) is 1.15. The molecule has 0 fully saturated rings. The van der Waals surface area contributed by atoms with Crippen LogP contribution in [0.25, 0.3) is 0 Å². The fraction of sp³-hybridized carbons (Fsp3) is 0.143. The number of anilines is 1. The van der Waals surface area contributed by atoms with Crippen molar-refractivity contribution in [1.82, 2.24) is 0 Å². The van der Waals surface area contributed by atoms with Gasteiger partial charge in [0.2, 0.25) is 0 Å². The van der Waals surface area contributed by atoms with E-state index < -0.39 is 0 Å². The van der Waals surface area contributed by atoms with Crippen LogP contribution in [-0.2, 0) is 5.75 Å². The summed E-state index contributed by atoms with van der Waals surface area (Å²) in [5, 5.41) is 9.20. The Kier molecular flexibility index (Phi) is 3.59. The first kappa shape index (κ1) is 11.9. The van der Waals surface area contributed by atoms with Gasteiger partial charge in [0, 0.05) is 16.3 Å². The molecule has 2 aromatic rings. The van der Waals surface area contributed by atoms with Gasteiger partial charge in [-0.2, -0.15) is 0 Å². The molecule has 0 amide bonds. The highest BCUT2D eigenvalue weighted by Gasteiger charge is 2.02. The lowest BCUT2D eigenvalue weighted by Crippen LogP contribution is -1.92. The van der Waals surface area contributed by atoms with E-state index in [1.54, 1.807) is 23.9 Å². The normalized spacial score (nSPS) is 10.4. The smallest absolute Gasteiger partial charge is 0.115 e. The van der Waals surface area contributed by atoms with E-state index in [0.29, 0.717) is 5.75 Å². The number of aromatic hydroxyl groups is 1. The fourth-order valence-electron chi connectivity index (χ4n) is 1.53. The zero-order chi connectivity index (χ0) is 12.3. The van der Waals surface area contributed by atoms with E-state index in [9.17, 15) is 5.11 Å². The second kappa shape index (κ2) is 5.15. The first-order valence-electron chi connectivity index (χ1n) is 5.42. The third kappa shape index (κ3) is 2.94. The summed E-state index contributed by atoms with van der Waals surface area (Å²) in [7, 11) is 0. The molecule has 0 radical (unpaired) electrons. The summed E-state index contributed by atoms with van der Waals surface area (Å²) in [5.41, 5.74) is 9.15. The molecule has 0 aliphatic rings. The van der Waals surface area contributed by atoms with Crippen LogP contribution in [0.15, 0.2) is 47.4 Å². The molecule has 0 atom stereocenters. The molecule has 0 spiro atoms. The number of aryl methyl sites for hydroxylation is 1. The minimum Gasteiger partial charge on any atom is -0.508 e.